The Morgan fingerprint density at radius 1 is 1.24 bits per heavy atom. The lowest BCUT2D eigenvalue weighted by atomic mass is 10.0. The minimum Gasteiger partial charge on any atom is -0.316 e. The molecule has 0 saturated carbocycles. The summed E-state index contributed by atoms with van der Waals surface area (Å²) in [4.78, 5) is 18.9. The first-order valence-corrected chi connectivity index (χ1v) is 11.4. The number of hydrogen-bond acceptors (Lipinski definition) is 4. The van der Waals surface area contributed by atoms with Crippen molar-refractivity contribution in [3.8, 4) is 0 Å². The number of amidine groups is 1. The lowest BCUT2D eigenvalue weighted by molar-refractivity contribution is -0.121. The molecule has 3 rings (SSSR count). The number of benzene rings is 1. The van der Waals surface area contributed by atoms with E-state index in [-0.39, 0.29) is 34.6 Å². The van der Waals surface area contributed by atoms with Crippen LogP contribution in [0.5, 0.6) is 0 Å². The van der Waals surface area contributed by atoms with Gasteiger partial charge in [-0.25, -0.2) is 8.42 Å². The summed E-state index contributed by atoms with van der Waals surface area (Å²) in [7, 11) is -3.03. The van der Waals surface area contributed by atoms with Crippen LogP contribution in [-0.4, -0.2) is 42.3 Å². The molecule has 0 aromatic heterocycles. The predicted molar refractivity (Wildman–Crippen MR) is 104 cm³/mol. The van der Waals surface area contributed by atoms with Crippen molar-refractivity contribution in [3.05, 3.63) is 29.8 Å². The van der Waals surface area contributed by atoms with Crippen molar-refractivity contribution < 1.29 is 13.2 Å². The molecule has 2 heterocycles. The number of sulfone groups is 1. The summed E-state index contributed by atoms with van der Waals surface area (Å²) in [5.74, 6) is 0.101. The summed E-state index contributed by atoms with van der Waals surface area (Å²) in [6.45, 7) is 6.00. The average Bonchev–Trinajstić information content (AvgIpc) is 3.00. The Bertz CT molecular complexity index is 783. The molecule has 0 bridgehead atoms. The molecule has 2 fully saturated rings. The van der Waals surface area contributed by atoms with E-state index in [1.807, 2.05) is 49.9 Å². The van der Waals surface area contributed by atoms with Crippen LogP contribution in [0.15, 0.2) is 29.3 Å². The van der Waals surface area contributed by atoms with Crippen molar-refractivity contribution in [2.75, 3.05) is 16.4 Å². The predicted octanol–water partition coefficient (Wildman–Crippen LogP) is 3.03. The molecule has 1 amide bonds. The molecule has 5 nitrogen and oxygen atoms in total. The number of carbonyl (C=O) groups excluding carboxylic acids is 1. The summed E-state index contributed by atoms with van der Waals surface area (Å²) >= 11 is 1.43. The van der Waals surface area contributed by atoms with E-state index in [0.717, 1.165) is 24.1 Å². The number of thioether (sulfide) groups is 1. The summed E-state index contributed by atoms with van der Waals surface area (Å²) in [6, 6.07) is 7.79. The normalized spacial score (nSPS) is 26.4. The number of nitrogens with zero attached hydrogens (tertiary/aromatic N) is 2. The number of amides is 1. The third-order valence-electron chi connectivity index (χ3n) is 4.92. The Morgan fingerprint density at radius 3 is 2.48 bits per heavy atom. The average molecular weight is 381 g/mol. The van der Waals surface area contributed by atoms with Crippen LogP contribution in [0.1, 0.15) is 32.3 Å². The highest BCUT2D eigenvalue weighted by atomic mass is 32.2. The van der Waals surface area contributed by atoms with Gasteiger partial charge in [0.05, 0.1) is 17.5 Å². The molecule has 1 aromatic carbocycles. The zero-order valence-electron chi connectivity index (χ0n) is 14.8. The van der Waals surface area contributed by atoms with Crippen LogP contribution in [0.2, 0.25) is 0 Å². The van der Waals surface area contributed by atoms with Gasteiger partial charge in [0.2, 0.25) is 0 Å². The molecule has 2 atom stereocenters. The van der Waals surface area contributed by atoms with E-state index in [4.69, 9.17) is 0 Å². The second-order valence-electron chi connectivity index (χ2n) is 6.75. The Morgan fingerprint density at radius 2 is 1.88 bits per heavy atom. The molecule has 0 unspecified atom stereocenters. The van der Waals surface area contributed by atoms with Crippen LogP contribution < -0.4 is 4.90 Å². The standard InChI is InChI=1S/C18H24N2O3S2/c1-4-13(5-2)17(21)19-18-20(14-8-6-12(3)7-9-14)15-10-25(22,23)11-16(15)24-18/h6-9,13,15-16H,4-5,10-11H2,1-3H3/t15-,16-/m1/s1. The minimum absolute atomic E-state index is 0.0560. The molecule has 0 N–H and O–H groups in total. The highest BCUT2D eigenvalue weighted by molar-refractivity contribution is 8.16. The number of aryl methyl sites for hydroxylation is 1. The van der Waals surface area contributed by atoms with Gasteiger partial charge in [-0.15, -0.1) is 0 Å². The van der Waals surface area contributed by atoms with E-state index in [1.165, 1.54) is 11.8 Å². The fourth-order valence-electron chi connectivity index (χ4n) is 3.40. The van der Waals surface area contributed by atoms with Crippen LogP contribution in [0.25, 0.3) is 0 Å². The van der Waals surface area contributed by atoms with Crippen molar-refractivity contribution in [3.63, 3.8) is 0 Å². The van der Waals surface area contributed by atoms with Crippen LogP contribution in [0, 0.1) is 12.8 Å². The van der Waals surface area contributed by atoms with E-state index in [9.17, 15) is 13.2 Å². The first-order chi connectivity index (χ1) is 11.8. The number of anilines is 1. The number of carbonyl (C=O) groups is 1. The van der Waals surface area contributed by atoms with E-state index >= 15 is 0 Å². The van der Waals surface area contributed by atoms with Gasteiger partial charge in [-0.1, -0.05) is 43.3 Å². The van der Waals surface area contributed by atoms with Crippen molar-refractivity contribution in [2.24, 2.45) is 10.9 Å². The van der Waals surface area contributed by atoms with E-state index in [1.54, 1.807) is 0 Å². The Hall–Kier alpha value is -1.34. The molecule has 25 heavy (non-hydrogen) atoms. The Labute approximate surface area is 153 Å². The molecule has 2 saturated heterocycles. The summed E-state index contributed by atoms with van der Waals surface area (Å²) < 4.78 is 24.1. The smallest absolute Gasteiger partial charge is 0.251 e. The van der Waals surface area contributed by atoms with Crippen LogP contribution >= 0.6 is 11.8 Å². The second-order valence-corrected chi connectivity index (χ2v) is 10.1. The molecule has 0 radical (unpaired) electrons. The van der Waals surface area contributed by atoms with Crippen LogP contribution in [0.4, 0.5) is 5.69 Å². The molecule has 0 spiro atoms. The van der Waals surface area contributed by atoms with E-state index < -0.39 is 9.84 Å². The third-order valence-corrected chi connectivity index (χ3v) is 8.13. The largest absolute Gasteiger partial charge is 0.316 e. The van der Waals surface area contributed by atoms with Gasteiger partial charge in [0.1, 0.15) is 0 Å². The van der Waals surface area contributed by atoms with Crippen molar-refractivity contribution >= 4 is 38.4 Å². The first-order valence-electron chi connectivity index (χ1n) is 8.70. The number of aliphatic imine (C=N–C) groups is 1. The highest BCUT2D eigenvalue weighted by Gasteiger charge is 2.49. The zero-order chi connectivity index (χ0) is 18.2. The minimum atomic E-state index is -3.03. The molecule has 2 aliphatic rings. The number of hydrogen-bond donors (Lipinski definition) is 0. The van der Waals surface area contributed by atoms with Crippen molar-refractivity contribution in [1.29, 1.82) is 0 Å². The number of fused-ring (bicyclic) bond motifs is 1. The maximum absolute atomic E-state index is 12.5. The summed E-state index contributed by atoms with van der Waals surface area (Å²) in [5, 5.41) is 0.588. The lowest BCUT2D eigenvalue weighted by Crippen LogP contribution is -2.37. The van der Waals surface area contributed by atoms with Crippen molar-refractivity contribution in [1.82, 2.24) is 0 Å². The van der Waals surface area contributed by atoms with Crippen LogP contribution in [0.3, 0.4) is 0 Å². The molecule has 0 aliphatic carbocycles. The monoisotopic (exact) mass is 380 g/mol. The zero-order valence-corrected chi connectivity index (χ0v) is 16.4. The molecule has 2 aliphatic heterocycles. The molecule has 136 valence electrons. The molecule has 7 heteroatoms. The molecular weight excluding hydrogens is 356 g/mol. The van der Waals surface area contributed by atoms with Gasteiger partial charge in [-0.2, -0.15) is 4.99 Å². The van der Waals surface area contributed by atoms with Gasteiger partial charge in [0.15, 0.2) is 15.0 Å². The van der Waals surface area contributed by atoms with E-state index in [0.29, 0.717) is 5.17 Å². The Balaban J connectivity index is 1.97. The van der Waals surface area contributed by atoms with Gasteiger partial charge >= 0.3 is 0 Å². The number of rotatable bonds is 4. The fourth-order valence-corrected chi connectivity index (χ4v) is 7.31. The van der Waals surface area contributed by atoms with Gasteiger partial charge < -0.3 is 4.90 Å². The summed E-state index contributed by atoms with van der Waals surface area (Å²) in [6.07, 6.45) is 1.53. The van der Waals surface area contributed by atoms with Gasteiger partial charge in [-0.05, 0) is 31.9 Å². The van der Waals surface area contributed by atoms with Gasteiger partial charge in [-0.3, -0.25) is 4.79 Å². The molecule has 1 aromatic rings. The molecular formula is C18H24N2O3S2. The maximum atomic E-state index is 12.5. The van der Waals surface area contributed by atoms with Gasteiger partial charge in [0.25, 0.3) is 5.91 Å². The van der Waals surface area contributed by atoms with Crippen molar-refractivity contribution in [2.45, 2.75) is 44.9 Å². The van der Waals surface area contributed by atoms with Gasteiger partial charge in [0, 0.05) is 16.9 Å². The fraction of sp³-hybridized carbons (Fsp3) is 0.556. The first kappa shape index (κ1) is 18.5. The lowest BCUT2D eigenvalue weighted by Gasteiger charge is -2.24. The third kappa shape index (κ3) is 3.77. The quantitative estimate of drug-likeness (QED) is 0.803. The topological polar surface area (TPSA) is 66.8 Å². The Kier molecular flexibility index (Phi) is 5.25. The second kappa shape index (κ2) is 7.11. The van der Waals surface area contributed by atoms with E-state index in [2.05, 4.69) is 4.99 Å². The highest BCUT2D eigenvalue weighted by Crippen LogP contribution is 2.41. The summed E-state index contributed by atoms with van der Waals surface area (Å²) in [5.41, 5.74) is 2.04. The van der Waals surface area contributed by atoms with Crippen LogP contribution in [-0.2, 0) is 14.6 Å². The SMILES string of the molecule is CCC(CC)C(=O)N=C1S[C@@H]2CS(=O)(=O)C[C@H]2N1c1ccc(C)cc1. The maximum Gasteiger partial charge on any atom is 0.251 e.